The van der Waals surface area contributed by atoms with E-state index in [9.17, 15) is 5.11 Å². The van der Waals surface area contributed by atoms with Gasteiger partial charge in [0.25, 0.3) is 0 Å². The van der Waals surface area contributed by atoms with E-state index in [1.807, 2.05) is 24.3 Å². The van der Waals surface area contributed by atoms with Crippen molar-refractivity contribution in [3.8, 4) is 5.75 Å². The molecule has 0 bridgehead atoms. The molecule has 15 heavy (non-hydrogen) atoms. The average molecular weight is 216 g/mol. The summed E-state index contributed by atoms with van der Waals surface area (Å²) < 4.78 is 0. The van der Waals surface area contributed by atoms with Gasteiger partial charge >= 0.3 is 0 Å². The summed E-state index contributed by atoms with van der Waals surface area (Å²) in [6.45, 7) is 6.78. The number of fused-ring (bicyclic) bond motifs is 1. The van der Waals surface area contributed by atoms with Gasteiger partial charge in [-0.2, -0.15) is 0 Å². The first kappa shape index (κ1) is 10.2. The molecule has 1 nitrogen and oxygen atoms in total. The first-order valence-corrected chi connectivity index (χ1v) is 8.71. The molecule has 0 aliphatic heterocycles. The second kappa shape index (κ2) is 3.38. The van der Waals surface area contributed by atoms with Crippen LogP contribution >= 0.6 is 0 Å². The zero-order valence-electron chi connectivity index (χ0n) is 9.41. The fraction of sp³-hybridized carbons (Fsp3) is 0.231. The van der Waals surface area contributed by atoms with Crippen molar-refractivity contribution in [1.82, 2.24) is 0 Å². The molecule has 0 saturated heterocycles. The average Bonchev–Trinajstić information content (AvgIpc) is 2.15. The standard InChI is InChI=1S/C13H16OSi/c1-15(2,3)13-11-7-5-4-6-10(11)8-9-12(13)14/h4-9,14H,1-3H3. The van der Waals surface area contributed by atoms with Crippen molar-refractivity contribution in [2.24, 2.45) is 0 Å². The largest absolute Gasteiger partial charge is 0.508 e. The highest BCUT2D eigenvalue weighted by Gasteiger charge is 2.22. The third-order valence-corrected chi connectivity index (χ3v) is 4.68. The summed E-state index contributed by atoms with van der Waals surface area (Å²) in [5.74, 6) is 0.452. The highest BCUT2D eigenvalue weighted by Crippen LogP contribution is 2.21. The van der Waals surface area contributed by atoms with E-state index in [1.54, 1.807) is 0 Å². The van der Waals surface area contributed by atoms with E-state index in [-0.39, 0.29) is 0 Å². The normalized spacial score (nSPS) is 11.9. The molecule has 0 fully saturated rings. The van der Waals surface area contributed by atoms with Crippen LogP contribution in [0.15, 0.2) is 36.4 Å². The molecule has 0 aliphatic rings. The van der Waals surface area contributed by atoms with Crippen molar-refractivity contribution in [3.05, 3.63) is 36.4 Å². The third-order valence-electron chi connectivity index (χ3n) is 2.66. The van der Waals surface area contributed by atoms with Crippen molar-refractivity contribution in [1.29, 1.82) is 0 Å². The Morgan fingerprint density at radius 2 is 1.60 bits per heavy atom. The van der Waals surface area contributed by atoms with Gasteiger partial charge in [0.05, 0.1) is 8.07 Å². The van der Waals surface area contributed by atoms with Gasteiger partial charge in [-0.15, -0.1) is 0 Å². The Hall–Kier alpha value is -1.28. The molecule has 0 radical (unpaired) electrons. The van der Waals surface area contributed by atoms with Crippen molar-refractivity contribution < 1.29 is 5.11 Å². The molecule has 0 aromatic heterocycles. The zero-order chi connectivity index (χ0) is 11.1. The number of hydrogen-bond acceptors (Lipinski definition) is 1. The van der Waals surface area contributed by atoms with Crippen LogP contribution in [0.4, 0.5) is 0 Å². The SMILES string of the molecule is C[Si](C)(C)c1c(O)ccc2ccccc12. The molecule has 0 heterocycles. The maximum absolute atomic E-state index is 9.98. The Morgan fingerprint density at radius 3 is 2.27 bits per heavy atom. The molecule has 0 aliphatic carbocycles. The smallest absolute Gasteiger partial charge is 0.115 e. The lowest BCUT2D eigenvalue weighted by molar-refractivity contribution is 0.480. The van der Waals surface area contributed by atoms with Gasteiger partial charge in [-0.1, -0.05) is 50.0 Å². The predicted molar refractivity (Wildman–Crippen MR) is 68.6 cm³/mol. The Kier molecular flexibility index (Phi) is 2.31. The zero-order valence-corrected chi connectivity index (χ0v) is 10.4. The summed E-state index contributed by atoms with van der Waals surface area (Å²) in [4.78, 5) is 0. The fourth-order valence-electron chi connectivity index (χ4n) is 2.05. The molecular weight excluding hydrogens is 200 g/mol. The first-order chi connectivity index (χ1) is 7.00. The lowest BCUT2D eigenvalue weighted by atomic mass is 10.1. The Balaban J connectivity index is 2.86. The van der Waals surface area contributed by atoms with E-state index in [0.717, 1.165) is 0 Å². The van der Waals surface area contributed by atoms with Gasteiger partial charge in [0.1, 0.15) is 5.75 Å². The highest BCUT2D eigenvalue weighted by molar-refractivity contribution is 6.91. The van der Waals surface area contributed by atoms with Gasteiger partial charge in [0, 0.05) is 0 Å². The molecule has 2 heteroatoms. The van der Waals surface area contributed by atoms with E-state index in [0.29, 0.717) is 5.75 Å². The second-order valence-corrected chi connectivity index (χ2v) is 9.93. The quantitative estimate of drug-likeness (QED) is 0.726. The summed E-state index contributed by atoms with van der Waals surface area (Å²) in [6, 6.07) is 12.1. The molecule has 0 amide bonds. The van der Waals surface area contributed by atoms with Crippen LogP contribution in [-0.2, 0) is 0 Å². The Morgan fingerprint density at radius 1 is 0.933 bits per heavy atom. The summed E-state index contributed by atoms with van der Waals surface area (Å²) >= 11 is 0. The number of phenols is 1. The van der Waals surface area contributed by atoms with Crippen molar-refractivity contribution in [3.63, 3.8) is 0 Å². The summed E-state index contributed by atoms with van der Waals surface area (Å²) in [5.41, 5.74) is 0. The van der Waals surface area contributed by atoms with Crippen molar-refractivity contribution in [2.45, 2.75) is 19.6 Å². The van der Waals surface area contributed by atoms with Gasteiger partial charge < -0.3 is 5.11 Å². The number of hydrogen-bond donors (Lipinski definition) is 1. The molecule has 1 N–H and O–H groups in total. The minimum absolute atomic E-state index is 0.452. The maximum atomic E-state index is 9.98. The van der Waals surface area contributed by atoms with Gasteiger partial charge in [0.2, 0.25) is 0 Å². The first-order valence-electron chi connectivity index (χ1n) is 5.21. The molecule has 0 unspecified atom stereocenters. The monoisotopic (exact) mass is 216 g/mol. The van der Waals surface area contributed by atoms with E-state index >= 15 is 0 Å². The molecule has 2 aromatic carbocycles. The van der Waals surface area contributed by atoms with E-state index in [4.69, 9.17) is 0 Å². The van der Waals surface area contributed by atoms with Crippen molar-refractivity contribution in [2.75, 3.05) is 0 Å². The minimum atomic E-state index is -1.49. The van der Waals surface area contributed by atoms with Crippen LogP contribution in [-0.4, -0.2) is 13.2 Å². The molecule has 0 saturated carbocycles. The van der Waals surface area contributed by atoms with Gasteiger partial charge in [-0.25, -0.2) is 0 Å². The Bertz CT molecular complexity index is 497. The Labute approximate surface area is 91.4 Å². The van der Waals surface area contributed by atoms with Crippen LogP contribution in [0.1, 0.15) is 0 Å². The number of aromatic hydroxyl groups is 1. The highest BCUT2D eigenvalue weighted by atomic mass is 28.3. The van der Waals surface area contributed by atoms with Crippen LogP contribution in [0.5, 0.6) is 5.75 Å². The summed E-state index contributed by atoms with van der Waals surface area (Å²) in [7, 11) is -1.49. The van der Waals surface area contributed by atoms with Gasteiger partial charge in [-0.05, 0) is 22.0 Å². The van der Waals surface area contributed by atoms with Crippen LogP contribution in [0.3, 0.4) is 0 Å². The van der Waals surface area contributed by atoms with E-state index in [1.165, 1.54) is 16.0 Å². The van der Waals surface area contributed by atoms with Crippen LogP contribution in [0, 0.1) is 0 Å². The summed E-state index contributed by atoms with van der Waals surface area (Å²) in [5, 5.41) is 13.6. The second-order valence-electron chi connectivity index (χ2n) is 4.93. The summed E-state index contributed by atoms with van der Waals surface area (Å²) in [6.07, 6.45) is 0. The van der Waals surface area contributed by atoms with Crippen LogP contribution in [0.2, 0.25) is 19.6 Å². The van der Waals surface area contributed by atoms with E-state index in [2.05, 4.69) is 31.8 Å². The lowest BCUT2D eigenvalue weighted by Gasteiger charge is -2.20. The fourth-order valence-corrected chi connectivity index (χ4v) is 3.94. The number of rotatable bonds is 1. The maximum Gasteiger partial charge on any atom is 0.115 e. The van der Waals surface area contributed by atoms with Gasteiger partial charge in [0.15, 0.2) is 0 Å². The molecule has 0 atom stereocenters. The van der Waals surface area contributed by atoms with E-state index < -0.39 is 8.07 Å². The molecule has 78 valence electrons. The molecule has 0 spiro atoms. The molecular formula is C13H16OSi. The lowest BCUT2D eigenvalue weighted by Crippen LogP contribution is -2.38. The topological polar surface area (TPSA) is 20.2 Å². The van der Waals surface area contributed by atoms with Gasteiger partial charge in [-0.3, -0.25) is 0 Å². The number of phenolic OH excluding ortho intramolecular Hbond substituents is 1. The van der Waals surface area contributed by atoms with Crippen molar-refractivity contribution >= 4 is 24.0 Å². The molecule has 2 aromatic rings. The van der Waals surface area contributed by atoms with Crippen LogP contribution < -0.4 is 5.19 Å². The number of benzene rings is 2. The minimum Gasteiger partial charge on any atom is -0.508 e. The molecule has 2 rings (SSSR count). The third kappa shape index (κ3) is 1.77. The predicted octanol–water partition coefficient (Wildman–Crippen LogP) is 3.09. The van der Waals surface area contributed by atoms with Crippen LogP contribution in [0.25, 0.3) is 10.8 Å².